The van der Waals surface area contributed by atoms with Gasteiger partial charge in [-0.05, 0) is 45.9 Å². The van der Waals surface area contributed by atoms with E-state index in [1.807, 2.05) is 5.32 Å². The lowest BCUT2D eigenvalue weighted by Crippen LogP contribution is -2.50. The molecule has 138 valence electrons. The van der Waals surface area contributed by atoms with Crippen LogP contribution < -0.4 is 10.6 Å². The van der Waals surface area contributed by atoms with E-state index in [4.69, 9.17) is 4.74 Å². The van der Waals surface area contributed by atoms with Crippen LogP contribution in [0, 0.1) is 11.6 Å². The lowest BCUT2D eigenvalue weighted by Gasteiger charge is -2.21. The molecule has 0 unspecified atom stereocenters. The summed E-state index contributed by atoms with van der Waals surface area (Å²) in [5.74, 6) is -3.20. The number of thioether (sulfide) groups is 1. The van der Waals surface area contributed by atoms with E-state index in [2.05, 4.69) is 5.32 Å². The van der Waals surface area contributed by atoms with Gasteiger partial charge in [-0.25, -0.2) is 13.6 Å². The van der Waals surface area contributed by atoms with Crippen LogP contribution in [0.1, 0.15) is 27.7 Å². The summed E-state index contributed by atoms with van der Waals surface area (Å²) in [4.78, 5) is 35.0. The Bertz CT molecular complexity index is 662. The van der Waals surface area contributed by atoms with Crippen LogP contribution in [0.15, 0.2) is 23.1 Å². The number of rotatable bonds is 5. The quantitative estimate of drug-likeness (QED) is 0.611. The maximum absolute atomic E-state index is 13.4. The number of halogens is 2. The van der Waals surface area contributed by atoms with E-state index in [0.29, 0.717) is 0 Å². The maximum Gasteiger partial charge on any atom is 0.321 e. The monoisotopic (exact) mass is 374 g/mol. The van der Waals surface area contributed by atoms with Gasteiger partial charge in [0.2, 0.25) is 0 Å². The number of carbonyl (C=O) groups is 3. The minimum Gasteiger partial charge on any atom is -0.452 e. The fraction of sp³-hybridized carbons (Fsp3) is 0.438. The molecule has 1 aromatic rings. The number of amides is 3. The highest BCUT2D eigenvalue weighted by atomic mass is 32.2. The Kier molecular flexibility index (Phi) is 7.35. The Balaban J connectivity index is 2.46. The summed E-state index contributed by atoms with van der Waals surface area (Å²) in [6.07, 6.45) is -1.21. The summed E-state index contributed by atoms with van der Waals surface area (Å²) >= 11 is 0.744. The number of benzene rings is 1. The number of imide groups is 1. The molecule has 25 heavy (non-hydrogen) atoms. The van der Waals surface area contributed by atoms with Gasteiger partial charge in [-0.3, -0.25) is 14.9 Å². The SMILES string of the molecule is C[C@H](OC(=O)CSc1cc(F)ccc1F)C(=O)NC(=O)NC(C)(C)C. The summed E-state index contributed by atoms with van der Waals surface area (Å²) in [6, 6.07) is 2.16. The van der Waals surface area contributed by atoms with Crippen molar-refractivity contribution in [1.29, 1.82) is 0 Å². The molecule has 0 radical (unpaired) electrons. The van der Waals surface area contributed by atoms with Gasteiger partial charge in [-0.2, -0.15) is 0 Å². The van der Waals surface area contributed by atoms with E-state index in [0.717, 1.165) is 30.0 Å². The fourth-order valence-corrected chi connectivity index (χ4v) is 2.34. The van der Waals surface area contributed by atoms with Gasteiger partial charge in [0.05, 0.1) is 5.75 Å². The van der Waals surface area contributed by atoms with Crippen LogP contribution in [-0.2, 0) is 14.3 Å². The standard InChI is InChI=1S/C16H20F2N2O4S/c1-9(14(22)19-15(23)20-16(2,3)4)24-13(21)8-25-12-7-10(17)5-6-11(12)18/h5-7,9H,8H2,1-4H3,(H2,19,20,22,23)/t9-/m0/s1. The highest BCUT2D eigenvalue weighted by Gasteiger charge is 2.22. The second-order valence-corrected chi connectivity index (χ2v) is 7.21. The minimum atomic E-state index is -1.21. The Morgan fingerprint density at radius 3 is 2.48 bits per heavy atom. The molecule has 0 aliphatic rings. The van der Waals surface area contributed by atoms with E-state index in [9.17, 15) is 23.2 Å². The number of urea groups is 1. The molecule has 0 saturated carbocycles. The van der Waals surface area contributed by atoms with Crippen LogP contribution in [0.2, 0.25) is 0 Å². The molecule has 1 atom stereocenters. The number of nitrogens with one attached hydrogen (secondary N) is 2. The van der Waals surface area contributed by atoms with Gasteiger partial charge in [0.25, 0.3) is 5.91 Å². The summed E-state index contributed by atoms with van der Waals surface area (Å²) in [5.41, 5.74) is -0.532. The number of ether oxygens (including phenoxy) is 1. The molecule has 6 nitrogen and oxygen atoms in total. The van der Waals surface area contributed by atoms with Crippen molar-refractivity contribution in [2.24, 2.45) is 0 Å². The first-order valence-corrected chi connectivity index (χ1v) is 8.37. The summed E-state index contributed by atoms with van der Waals surface area (Å²) in [5, 5.41) is 4.57. The van der Waals surface area contributed by atoms with Gasteiger partial charge in [0.1, 0.15) is 11.6 Å². The first kappa shape index (κ1) is 20.9. The Hall–Kier alpha value is -2.16. The summed E-state index contributed by atoms with van der Waals surface area (Å²) < 4.78 is 31.3. The van der Waals surface area contributed by atoms with E-state index in [1.165, 1.54) is 6.92 Å². The number of hydrogen-bond donors (Lipinski definition) is 2. The second kappa shape index (κ2) is 8.80. The van der Waals surface area contributed by atoms with Gasteiger partial charge < -0.3 is 10.1 Å². The van der Waals surface area contributed by atoms with Crippen molar-refractivity contribution in [3.05, 3.63) is 29.8 Å². The van der Waals surface area contributed by atoms with Gasteiger partial charge in [0.15, 0.2) is 6.10 Å². The normalized spacial score (nSPS) is 12.2. The maximum atomic E-state index is 13.4. The first-order chi connectivity index (χ1) is 11.5. The lowest BCUT2D eigenvalue weighted by molar-refractivity contribution is -0.151. The highest BCUT2D eigenvalue weighted by molar-refractivity contribution is 8.00. The smallest absolute Gasteiger partial charge is 0.321 e. The van der Waals surface area contributed by atoms with E-state index in [1.54, 1.807) is 20.8 Å². The summed E-state index contributed by atoms with van der Waals surface area (Å²) in [6.45, 7) is 6.51. The third kappa shape index (κ3) is 7.97. The third-order valence-electron chi connectivity index (χ3n) is 2.64. The van der Waals surface area contributed by atoms with Crippen LogP contribution >= 0.6 is 11.8 Å². The average molecular weight is 374 g/mol. The molecule has 3 amide bonds. The molecule has 0 bridgehead atoms. The molecule has 0 heterocycles. The van der Waals surface area contributed by atoms with Gasteiger partial charge >= 0.3 is 12.0 Å². The average Bonchev–Trinajstić information content (AvgIpc) is 2.46. The van der Waals surface area contributed by atoms with Crippen molar-refractivity contribution >= 4 is 29.7 Å². The van der Waals surface area contributed by atoms with Crippen LogP contribution in [0.25, 0.3) is 0 Å². The van der Waals surface area contributed by atoms with Crippen LogP contribution in [-0.4, -0.2) is 35.3 Å². The molecule has 0 aliphatic heterocycles. The van der Waals surface area contributed by atoms with E-state index < -0.39 is 41.2 Å². The largest absolute Gasteiger partial charge is 0.452 e. The topological polar surface area (TPSA) is 84.5 Å². The van der Waals surface area contributed by atoms with Gasteiger partial charge in [0, 0.05) is 10.4 Å². The molecule has 0 saturated heterocycles. The molecule has 0 fully saturated rings. The Labute approximate surface area is 148 Å². The zero-order chi connectivity index (χ0) is 19.2. The van der Waals surface area contributed by atoms with Crippen molar-refractivity contribution in [2.75, 3.05) is 5.75 Å². The van der Waals surface area contributed by atoms with E-state index >= 15 is 0 Å². The number of hydrogen-bond acceptors (Lipinski definition) is 5. The number of esters is 1. The highest BCUT2D eigenvalue weighted by Crippen LogP contribution is 2.22. The molecule has 2 N–H and O–H groups in total. The molecule has 1 aromatic carbocycles. The first-order valence-electron chi connectivity index (χ1n) is 7.38. The van der Waals surface area contributed by atoms with Crippen LogP contribution in [0.4, 0.5) is 13.6 Å². The zero-order valence-electron chi connectivity index (χ0n) is 14.3. The lowest BCUT2D eigenvalue weighted by atomic mass is 10.1. The predicted octanol–water partition coefficient (Wildman–Crippen LogP) is 2.61. The second-order valence-electron chi connectivity index (χ2n) is 6.19. The predicted molar refractivity (Wildman–Crippen MR) is 89.1 cm³/mol. The Morgan fingerprint density at radius 2 is 1.88 bits per heavy atom. The zero-order valence-corrected chi connectivity index (χ0v) is 15.1. The molecule has 9 heteroatoms. The van der Waals surface area contributed by atoms with Crippen molar-refractivity contribution in [3.63, 3.8) is 0 Å². The molecule has 0 aromatic heterocycles. The van der Waals surface area contributed by atoms with Gasteiger partial charge in [-0.1, -0.05) is 0 Å². The third-order valence-corrected chi connectivity index (χ3v) is 3.65. The van der Waals surface area contributed by atoms with Crippen molar-refractivity contribution < 1.29 is 27.9 Å². The van der Waals surface area contributed by atoms with Crippen molar-refractivity contribution in [1.82, 2.24) is 10.6 Å². The molecular formula is C16H20F2N2O4S. The van der Waals surface area contributed by atoms with E-state index in [-0.39, 0.29) is 10.6 Å². The van der Waals surface area contributed by atoms with Crippen LogP contribution in [0.3, 0.4) is 0 Å². The number of carbonyl (C=O) groups excluding carboxylic acids is 3. The van der Waals surface area contributed by atoms with Crippen LogP contribution in [0.5, 0.6) is 0 Å². The van der Waals surface area contributed by atoms with Crippen molar-refractivity contribution in [3.8, 4) is 0 Å². The summed E-state index contributed by atoms with van der Waals surface area (Å²) in [7, 11) is 0. The fourth-order valence-electron chi connectivity index (χ4n) is 1.59. The van der Waals surface area contributed by atoms with Gasteiger partial charge in [-0.15, -0.1) is 11.8 Å². The molecule has 1 rings (SSSR count). The molecular weight excluding hydrogens is 354 g/mol. The van der Waals surface area contributed by atoms with Crippen molar-refractivity contribution in [2.45, 2.75) is 44.2 Å². The minimum absolute atomic E-state index is 0.0430. The molecule has 0 spiro atoms. The Morgan fingerprint density at radius 1 is 1.24 bits per heavy atom. The molecule has 0 aliphatic carbocycles.